The average molecular weight is 575 g/mol. The van der Waals surface area contributed by atoms with Gasteiger partial charge in [0, 0.05) is 30.5 Å². The molecule has 5 rings (SSSR count). The summed E-state index contributed by atoms with van der Waals surface area (Å²) in [4.78, 5) is 24.4. The Morgan fingerprint density at radius 1 is 1.00 bits per heavy atom. The van der Waals surface area contributed by atoms with Crippen molar-refractivity contribution in [3.63, 3.8) is 0 Å². The van der Waals surface area contributed by atoms with E-state index in [-0.39, 0.29) is 11.9 Å². The number of fused-ring (bicyclic) bond motifs is 1. The summed E-state index contributed by atoms with van der Waals surface area (Å²) in [6.45, 7) is 3.47. The first-order chi connectivity index (χ1) is 19.4. The fourth-order valence-corrected chi connectivity index (χ4v) is 5.77. The predicted molar refractivity (Wildman–Crippen MR) is 160 cm³/mol. The highest BCUT2D eigenvalue weighted by atomic mass is 35.5. The SMILES string of the molecule is COc1cc2c(cc1OC)CN(c1cc(Cl)nc(SCc3cccc(C(=O)NC(C)c4ccccc4)c3)n1)CC2. The second-order valence-corrected chi connectivity index (χ2v) is 10.9. The van der Waals surface area contributed by atoms with Crippen LogP contribution in [0.25, 0.3) is 0 Å². The van der Waals surface area contributed by atoms with E-state index >= 15 is 0 Å². The van der Waals surface area contributed by atoms with E-state index in [1.54, 1.807) is 20.3 Å². The van der Waals surface area contributed by atoms with E-state index in [2.05, 4.69) is 21.3 Å². The number of aromatic nitrogens is 2. The minimum atomic E-state index is -0.107. The number of halogens is 1. The van der Waals surface area contributed by atoms with Gasteiger partial charge in [-0.25, -0.2) is 9.97 Å². The predicted octanol–water partition coefficient (Wildman–Crippen LogP) is 6.49. The van der Waals surface area contributed by atoms with Gasteiger partial charge in [0.15, 0.2) is 16.7 Å². The summed E-state index contributed by atoms with van der Waals surface area (Å²) < 4.78 is 11.0. The number of methoxy groups -OCH3 is 2. The Kier molecular flexibility index (Phi) is 8.77. The lowest BCUT2D eigenvalue weighted by molar-refractivity contribution is 0.0940. The van der Waals surface area contributed by atoms with Gasteiger partial charge in [-0.3, -0.25) is 4.79 Å². The normalized spacial score (nSPS) is 13.3. The van der Waals surface area contributed by atoms with Crippen molar-refractivity contribution in [2.24, 2.45) is 0 Å². The van der Waals surface area contributed by atoms with E-state index in [0.29, 0.717) is 33.9 Å². The maximum Gasteiger partial charge on any atom is 0.251 e. The van der Waals surface area contributed by atoms with Crippen molar-refractivity contribution in [1.29, 1.82) is 0 Å². The molecule has 1 amide bonds. The van der Waals surface area contributed by atoms with Crippen molar-refractivity contribution in [2.75, 3.05) is 25.7 Å². The van der Waals surface area contributed by atoms with Crippen molar-refractivity contribution < 1.29 is 14.3 Å². The first-order valence-electron chi connectivity index (χ1n) is 13.0. The second-order valence-electron chi connectivity index (χ2n) is 9.57. The molecule has 0 bridgehead atoms. The van der Waals surface area contributed by atoms with Gasteiger partial charge in [0.2, 0.25) is 0 Å². The zero-order chi connectivity index (χ0) is 28.1. The molecule has 1 aliphatic rings. The van der Waals surface area contributed by atoms with Gasteiger partial charge >= 0.3 is 0 Å². The monoisotopic (exact) mass is 574 g/mol. The highest BCUT2D eigenvalue weighted by Crippen LogP contribution is 2.35. The van der Waals surface area contributed by atoms with Gasteiger partial charge in [-0.2, -0.15) is 0 Å². The molecular formula is C31H31ClN4O3S. The van der Waals surface area contributed by atoms with E-state index in [4.69, 9.17) is 26.1 Å². The number of anilines is 1. The number of thioether (sulfide) groups is 1. The van der Waals surface area contributed by atoms with Crippen molar-refractivity contribution in [1.82, 2.24) is 15.3 Å². The minimum absolute atomic E-state index is 0.0881. The number of amides is 1. The first kappa shape index (κ1) is 27.8. The number of rotatable bonds is 9. The van der Waals surface area contributed by atoms with Gasteiger partial charge in [-0.05, 0) is 59.9 Å². The lowest BCUT2D eigenvalue weighted by Crippen LogP contribution is -2.31. The molecule has 0 saturated carbocycles. The van der Waals surface area contributed by atoms with Crippen molar-refractivity contribution >= 4 is 35.1 Å². The summed E-state index contributed by atoms with van der Waals surface area (Å²) in [6.07, 6.45) is 0.859. The zero-order valence-corrected chi connectivity index (χ0v) is 24.3. The Labute approximate surface area is 243 Å². The van der Waals surface area contributed by atoms with Crippen LogP contribution in [0, 0.1) is 0 Å². The maximum absolute atomic E-state index is 12.9. The highest BCUT2D eigenvalue weighted by molar-refractivity contribution is 7.98. The molecular weight excluding hydrogens is 544 g/mol. The lowest BCUT2D eigenvalue weighted by Gasteiger charge is -2.30. The molecule has 0 fully saturated rings. The van der Waals surface area contributed by atoms with Crippen LogP contribution in [0.2, 0.25) is 5.15 Å². The summed E-state index contributed by atoms with van der Waals surface area (Å²) in [5.41, 5.74) is 5.10. The molecule has 3 aromatic carbocycles. The van der Waals surface area contributed by atoms with Gasteiger partial charge in [0.25, 0.3) is 5.91 Å². The van der Waals surface area contributed by atoms with Crippen LogP contribution in [0.3, 0.4) is 0 Å². The van der Waals surface area contributed by atoms with Crippen LogP contribution < -0.4 is 19.7 Å². The Morgan fingerprint density at radius 3 is 2.50 bits per heavy atom. The third-order valence-corrected chi connectivity index (χ3v) is 8.02. The molecule has 1 N–H and O–H groups in total. The summed E-state index contributed by atoms with van der Waals surface area (Å²) in [6, 6.07) is 23.4. The Hall–Kier alpha value is -3.75. The Morgan fingerprint density at radius 2 is 1.75 bits per heavy atom. The quantitative estimate of drug-likeness (QED) is 0.139. The molecule has 40 heavy (non-hydrogen) atoms. The first-order valence-corrected chi connectivity index (χ1v) is 14.4. The molecule has 0 spiro atoms. The number of benzene rings is 3. The summed E-state index contributed by atoms with van der Waals surface area (Å²) in [7, 11) is 3.30. The molecule has 1 atom stereocenters. The van der Waals surface area contributed by atoms with Crippen molar-refractivity contribution in [3.8, 4) is 11.5 Å². The number of carbonyl (C=O) groups is 1. The number of hydrogen-bond donors (Lipinski definition) is 1. The average Bonchev–Trinajstić information content (AvgIpc) is 2.99. The number of ether oxygens (including phenoxy) is 2. The summed E-state index contributed by atoms with van der Waals surface area (Å²) >= 11 is 7.92. The van der Waals surface area contributed by atoms with Crippen LogP contribution in [0.4, 0.5) is 5.82 Å². The number of hydrogen-bond acceptors (Lipinski definition) is 7. The van der Waals surface area contributed by atoms with Crippen LogP contribution in [-0.2, 0) is 18.7 Å². The number of carbonyl (C=O) groups excluding carboxylic acids is 1. The fourth-order valence-electron chi connectivity index (χ4n) is 4.75. The van der Waals surface area contributed by atoms with E-state index in [1.165, 1.54) is 22.9 Å². The molecule has 206 valence electrons. The summed E-state index contributed by atoms with van der Waals surface area (Å²) in [5, 5.41) is 4.06. The van der Waals surface area contributed by atoms with E-state index < -0.39 is 0 Å². The third kappa shape index (κ3) is 6.51. The molecule has 4 aromatic rings. The molecule has 1 unspecified atom stereocenters. The molecule has 1 aliphatic heterocycles. The van der Waals surface area contributed by atoms with E-state index in [1.807, 2.05) is 67.6 Å². The van der Waals surface area contributed by atoms with Gasteiger partial charge in [-0.1, -0.05) is 65.8 Å². The van der Waals surface area contributed by atoms with Gasteiger partial charge in [-0.15, -0.1) is 0 Å². The van der Waals surface area contributed by atoms with Gasteiger partial charge < -0.3 is 19.7 Å². The molecule has 7 nitrogen and oxygen atoms in total. The molecule has 0 saturated heterocycles. The maximum atomic E-state index is 12.9. The van der Waals surface area contributed by atoms with Crippen LogP contribution in [0.1, 0.15) is 45.6 Å². The zero-order valence-electron chi connectivity index (χ0n) is 22.7. The van der Waals surface area contributed by atoms with E-state index in [9.17, 15) is 4.79 Å². The van der Waals surface area contributed by atoms with E-state index in [0.717, 1.165) is 35.7 Å². The molecule has 2 heterocycles. The molecule has 0 aliphatic carbocycles. The standard InChI is InChI=1S/C31H31ClN4O3S/c1-20(22-9-5-4-6-10-22)33-30(37)24-11-7-8-21(14-24)19-40-31-34-28(32)17-29(35-31)36-13-12-23-15-26(38-2)27(39-3)16-25(23)18-36/h4-11,14-17,20H,12-13,18-19H2,1-3H3,(H,33,37). The highest BCUT2D eigenvalue weighted by Gasteiger charge is 2.21. The third-order valence-electron chi connectivity index (χ3n) is 6.91. The largest absolute Gasteiger partial charge is 0.493 e. The fraction of sp³-hybridized carbons (Fsp3) is 0.258. The Bertz CT molecular complexity index is 1500. The Balaban J connectivity index is 1.25. The van der Waals surface area contributed by atoms with Gasteiger partial charge in [0.05, 0.1) is 20.3 Å². The minimum Gasteiger partial charge on any atom is -0.493 e. The summed E-state index contributed by atoms with van der Waals surface area (Å²) in [5.74, 6) is 2.74. The van der Waals surface area contributed by atoms with Gasteiger partial charge in [0.1, 0.15) is 11.0 Å². The molecule has 0 radical (unpaired) electrons. The van der Waals surface area contributed by atoms with Crippen molar-refractivity contribution in [2.45, 2.75) is 36.8 Å². The number of nitrogens with one attached hydrogen (secondary N) is 1. The van der Waals surface area contributed by atoms with Crippen molar-refractivity contribution in [3.05, 3.63) is 106 Å². The second kappa shape index (κ2) is 12.6. The topological polar surface area (TPSA) is 76.6 Å². The van der Waals surface area contributed by atoms with Crippen LogP contribution in [-0.4, -0.2) is 36.6 Å². The smallest absolute Gasteiger partial charge is 0.251 e. The lowest BCUT2D eigenvalue weighted by atomic mass is 9.99. The van der Waals surface area contributed by atoms with Crippen LogP contribution >= 0.6 is 23.4 Å². The molecule has 1 aromatic heterocycles. The van der Waals surface area contributed by atoms with Crippen LogP contribution in [0.15, 0.2) is 78.0 Å². The number of nitrogens with zero attached hydrogens (tertiary/aromatic N) is 3. The molecule has 9 heteroatoms. The van der Waals surface area contributed by atoms with Crippen LogP contribution in [0.5, 0.6) is 11.5 Å².